The van der Waals surface area contributed by atoms with Crippen molar-refractivity contribution in [1.82, 2.24) is 4.98 Å². The predicted octanol–water partition coefficient (Wildman–Crippen LogP) is 1.18. The highest BCUT2D eigenvalue weighted by Crippen LogP contribution is 2.29. The summed E-state index contributed by atoms with van der Waals surface area (Å²) in [5.41, 5.74) is -1.79. The molecule has 0 aromatic carbocycles. The van der Waals surface area contributed by atoms with Crippen molar-refractivity contribution >= 4 is 38.3 Å². The van der Waals surface area contributed by atoms with Gasteiger partial charge < -0.3 is 0 Å². The Morgan fingerprint density at radius 2 is 2.06 bits per heavy atom. The second kappa shape index (κ2) is 4.73. The standard InChI is InChI=1S/C6H4F2IN3O4S/c7-5(8)2-1-3(12(13)14)4(9)6(11-2)17(10,15)16/h1,5H,(H2,10,15,16). The number of aromatic nitrogens is 1. The van der Waals surface area contributed by atoms with Gasteiger partial charge in [-0.3, -0.25) is 10.1 Å². The van der Waals surface area contributed by atoms with Gasteiger partial charge in [-0.25, -0.2) is 27.3 Å². The minimum Gasteiger partial charge on any atom is -0.258 e. The molecule has 7 nitrogen and oxygen atoms in total. The lowest BCUT2D eigenvalue weighted by atomic mass is 10.3. The summed E-state index contributed by atoms with van der Waals surface area (Å²) in [6.07, 6.45) is -3.13. The lowest BCUT2D eigenvalue weighted by Crippen LogP contribution is -2.17. The number of halogens is 3. The molecule has 11 heteroatoms. The first kappa shape index (κ1) is 14.1. The van der Waals surface area contributed by atoms with Gasteiger partial charge in [0.25, 0.3) is 22.1 Å². The van der Waals surface area contributed by atoms with Crippen LogP contribution < -0.4 is 5.14 Å². The minimum atomic E-state index is -4.40. The van der Waals surface area contributed by atoms with Crippen LogP contribution in [-0.4, -0.2) is 18.3 Å². The van der Waals surface area contributed by atoms with Crippen molar-refractivity contribution in [2.75, 3.05) is 0 Å². The van der Waals surface area contributed by atoms with E-state index >= 15 is 0 Å². The molecule has 0 atom stereocenters. The summed E-state index contributed by atoms with van der Waals surface area (Å²) in [6.45, 7) is 0. The molecular weight excluding hydrogens is 375 g/mol. The van der Waals surface area contributed by atoms with E-state index < -0.39 is 41.3 Å². The SMILES string of the molecule is NS(=O)(=O)c1nc(C(F)F)cc([N+](=O)[O-])c1I. The summed E-state index contributed by atoms with van der Waals surface area (Å²) in [4.78, 5) is 12.7. The average molecular weight is 379 g/mol. The molecular formula is C6H4F2IN3O4S. The molecule has 94 valence electrons. The molecule has 1 aromatic rings. The van der Waals surface area contributed by atoms with Crippen molar-refractivity contribution in [3.05, 3.63) is 25.4 Å². The Balaban J connectivity index is 3.67. The molecule has 0 fully saturated rings. The van der Waals surface area contributed by atoms with Crippen molar-refractivity contribution in [2.45, 2.75) is 11.5 Å². The first-order valence-electron chi connectivity index (χ1n) is 3.80. The maximum Gasteiger partial charge on any atom is 0.287 e. The fourth-order valence-corrected chi connectivity index (χ4v) is 2.93. The summed E-state index contributed by atoms with van der Waals surface area (Å²) >= 11 is 1.31. The van der Waals surface area contributed by atoms with Gasteiger partial charge in [0, 0.05) is 6.07 Å². The van der Waals surface area contributed by atoms with Gasteiger partial charge in [-0.1, -0.05) is 0 Å². The second-order valence-corrected chi connectivity index (χ2v) is 5.34. The molecule has 1 aromatic heterocycles. The summed E-state index contributed by atoms with van der Waals surface area (Å²) < 4.78 is 46.5. The maximum absolute atomic E-state index is 12.4. The number of sulfonamides is 1. The van der Waals surface area contributed by atoms with Crippen LogP contribution in [0.4, 0.5) is 14.5 Å². The van der Waals surface area contributed by atoms with E-state index in [4.69, 9.17) is 5.14 Å². The Kier molecular flexibility index (Phi) is 3.93. The van der Waals surface area contributed by atoms with Crippen LogP contribution >= 0.6 is 22.6 Å². The van der Waals surface area contributed by atoms with Crippen molar-refractivity contribution in [2.24, 2.45) is 5.14 Å². The predicted molar refractivity (Wildman–Crippen MR) is 59.9 cm³/mol. The van der Waals surface area contributed by atoms with Crippen LogP contribution in [0.15, 0.2) is 11.1 Å². The maximum atomic E-state index is 12.4. The van der Waals surface area contributed by atoms with Crippen molar-refractivity contribution in [1.29, 1.82) is 0 Å². The zero-order valence-electron chi connectivity index (χ0n) is 7.80. The Labute approximate surface area is 107 Å². The number of hydrogen-bond acceptors (Lipinski definition) is 5. The number of nitro groups is 1. The lowest BCUT2D eigenvalue weighted by Gasteiger charge is -2.05. The second-order valence-electron chi connectivity index (χ2n) is 2.79. The molecule has 1 rings (SSSR count). The third kappa shape index (κ3) is 3.04. The van der Waals surface area contributed by atoms with Crippen molar-refractivity contribution in [3.63, 3.8) is 0 Å². The van der Waals surface area contributed by atoms with Crippen LogP contribution in [0.5, 0.6) is 0 Å². The summed E-state index contributed by atoms with van der Waals surface area (Å²) in [6, 6.07) is 0.515. The highest BCUT2D eigenvalue weighted by atomic mass is 127. The van der Waals surface area contributed by atoms with Gasteiger partial charge in [0.1, 0.15) is 9.26 Å². The van der Waals surface area contributed by atoms with E-state index in [1.54, 1.807) is 0 Å². The lowest BCUT2D eigenvalue weighted by molar-refractivity contribution is -0.386. The zero-order valence-corrected chi connectivity index (χ0v) is 10.8. The van der Waals surface area contributed by atoms with E-state index in [2.05, 4.69) is 4.98 Å². The number of pyridine rings is 1. The molecule has 0 aliphatic heterocycles. The summed E-state index contributed by atoms with van der Waals surface area (Å²) in [5.74, 6) is 0. The van der Waals surface area contributed by atoms with Crippen LogP contribution in [0.2, 0.25) is 0 Å². The summed E-state index contributed by atoms with van der Waals surface area (Å²) in [7, 11) is -4.40. The van der Waals surface area contributed by atoms with Crippen LogP contribution in [0.3, 0.4) is 0 Å². The fraction of sp³-hybridized carbons (Fsp3) is 0.167. The van der Waals surface area contributed by atoms with E-state index in [1.807, 2.05) is 0 Å². The fourth-order valence-electron chi connectivity index (χ4n) is 0.945. The van der Waals surface area contributed by atoms with E-state index in [1.165, 1.54) is 22.6 Å². The number of alkyl halides is 2. The van der Waals surface area contributed by atoms with Crippen LogP contribution in [-0.2, 0) is 10.0 Å². The van der Waals surface area contributed by atoms with E-state index in [0.717, 1.165) is 0 Å². The van der Waals surface area contributed by atoms with Gasteiger partial charge in [-0.05, 0) is 22.6 Å². The number of nitrogens with two attached hydrogens (primary N) is 1. The molecule has 17 heavy (non-hydrogen) atoms. The average Bonchev–Trinajstić information content (AvgIpc) is 2.15. The van der Waals surface area contributed by atoms with Gasteiger partial charge >= 0.3 is 0 Å². The van der Waals surface area contributed by atoms with Crippen LogP contribution in [0.25, 0.3) is 0 Å². The van der Waals surface area contributed by atoms with E-state index in [9.17, 15) is 27.3 Å². The third-order valence-corrected chi connectivity index (χ3v) is 3.88. The molecule has 1 heterocycles. The molecule has 0 radical (unpaired) electrons. The number of nitrogens with zero attached hydrogens (tertiary/aromatic N) is 2. The van der Waals surface area contributed by atoms with E-state index in [-0.39, 0.29) is 0 Å². The number of primary sulfonamides is 1. The smallest absolute Gasteiger partial charge is 0.258 e. The molecule has 0 aliphatic carbocycles. The first-order chi connectivity index (χ1) is 7.64. The molecule has 0 aliphatic rings. The van der Waals surface area contributed by atoms with Gasteiger partial charge in [0.2, 0.25) is 0 Å². The monoisotopic (exact) mass is 379 g/mol. The van der Waals surface area contributed by atoms with Crippen molar-refractivity contribution < 1.29 is 22.1 Å². The van der Waals surface area contributed by atoms with Gasteiger partial charge in [0.15, 0.2) is 5.03 Å². The van der Waals surface area contributed by atoms with Gasteiger partial charge in [0.05, 0.1) is 4.92 Å². The van der Waals surface area contributed by atoms with Gasteiger partial charge in [-0.2, -0.15) is 0 Å². The van der Waals surface area contributed by atoms with Gasteiger partial charge in [-0.15, -0.1) is 0 Å². The Morgan fingerprint density at radius 3 is 2.41 bits per heavy atom. The zero-order chi connectivity index (χ0) is 13.4. The topological polar surface area (TPSA) is 116 Å². The summed E-state index contributed by atoms with van der Waals surface area (Å²) in [5, 5.41) is 14.4. The molecule has 0 unspecified atom stereocenters. The number of rotatable bonds is 3. The Morgan fingerprint density at radius 1 is 1.53 bits per heavy atom. The Hall–Kier alpha value is -0.950. The van der Waals surface area contributed by atoms with E-state index in [0.29, 0.717) is 6.07 Å². The highest BCUT2D eigenvalue weighted by Gasteiger charge is 2.27. The third-order valence-electron chi connectivity index (χ3n) is 1.62. The molecule has 0 saturated carbocycles. The van der Waals surface area contributed by atoms with Crippen molar-refractivity contribution in [3.8, 4) is 0 Å². The largest absolute Gasteiger partial charge is 0.287 e. The van der Waals surface area contributed by atoms with Crippen LogP contribution in [0, 0.1) is 13.7 Å². The Bertz CT molecular complexity index is 577. The normalized spacial score (nSPS) is 11.8. The molecule has 2 N–H and O–H groups in total. The molecule has 0 saturated heterocycles. The highest BCUT2D eigenvalue weighted by molar-refractivity contribution is 14.1. The molecule has 0 amide bonds. The minimum absolute atomic E-state index is 0.403. The first-order valence-corrected chi connectivity index (χ1v) is 6.43. The number of hydrogen-bond donors (Lipinski definition) is 1. The molecule has 0 spiro atoms. The van der Waals surface area contributed by atoms with Crippen LogP contribution in [0.1, 0.15) is 12.1 Å². The quantitative estimate of drug-likeness (QED) is 0.481. The molecule has 0 bridgehead atoms.